The lowest BCUT2D eigenvalue weighted by molar-refractivity contribution is 0.174. The molecule has 1 saturated heterocycles. The van der Waals surface area contributed by atoms with Gasteiger partial charge in [-0.3, -0.25) is 0 Å². The van der Waals surface area contributed by atoms with Gasteiger partial charge in [-0.1, -0.05) is 0 Å². The van der Waals surface area contributed by atoms with E-state index in [9.17, 15) is 5.11 Å². The lowest BCUT2D eigenvalue weighted by Crippen LogP contribution is -2.34. The van der Waals surface area contributed by atoms with Gasteiger partial charge in [-0.25, -0.2) is 9.50 Å². The van der Waals surface area contributed by atoms with Gasteiger partial charge in [-0.05, 0) is 37.1 Å². The van der Waals surface area contributed by atoms with E-state index in [4.69, 9.17) is 14.5 Å². The molecule has 31 heavy (non-hydrogen) atoms. The summed E-state index contributed by atoms with van der Waals surface area (Å²) in [6.45, 7) is 1.17. The molecule has 10 heteroatoms. The molecular weight excluding hydrogens is 398 g/mol. The number of fused-ring (bicyclic) bond motifs is 2. The number of nitrogens with one attached hydrogen (secondary N) is 1. The van der Waals surface area contributed by atoms with Crippen molar-refractivity contribution in [1.29, 1.82) is 0 Å². The van der Waals surface area contributed by atoms with Crippen LogP contribution in [0.1, 0.15) is 12.8 Å². The first kappa shape index (κ1) is 18.0. The van der Waals surface area contributed by atoms with Crippen LogP contribution in [0.15, 0.2) is 49.1 Å². The highest BCUT2D eigenvalue weighted by Gasteiger charge is 2.27. The van der Waals surface area contributed by atoms with Gasteiger partial charge in [-0.2, -0.15) is 4.98 Å². The van der Waals surface area contributed by atoms with Crippen molar-refractivity contribution >= 4 is 23.1 Å². The predicted molar refractivity (Wildman–Crippen MR) is 113 cm³/mol. The van der Waals surface area contributed by atoms with Crippen molar-refractivity contribution in [2.45, 2.75) is 18.9 Å². The molecule has 158 valence electrons. The third-order valence-corrected chi connectivity index (χ3v) is 5.71. The van der Waals surface area contributed by atoms with Gasteiger partial charge in [0.1, 0.15) is 17.7 Å². The number of rotatable bonds is 5. The van der Waals surface area contributed by atoms with E-state index in [1.807, 2.05) is 47.3 Å². The van der Waals surface area contributed by atoms with Crippen LogP contribution in [0.4, 0.5) is 17.6 Å². The van der Waals surface area contributed by atoms with Crippen LogP contribution in [-0.2, 0) is 0 Å². The minimum atomic E-state index is 0.0473. The molecule has 3 aromatic heterocycles. The number of imidazole rings is 1. The Morgan fingerprint density at radius 2 is 2.13 bits per heavy atom. The predicted octanol–water partition coefficient (Wildman–Crippen LogP) is 2.35. The summed E-state index contributed by atoms with van der Waals surface area (Å²) in [5.74, 6) is 3.38. The number of anilines is 3. The van der Waals surface area contributed by atoms with Crippen molar-refractivity contribution in [3.05, 3.63) is 49.1 Å². The standard InChI is InChI=1S/C21H21N7O3/c29-11-15-3-1-7-27(15)21-24-20(16-4-2-8-28(16)25-21)23-19-10-26(12-22-19)14-5-6-17-18(9-14)31-13-30-17/h2,4-6,8-10,12,15,29H,1,3,7,11,13H2,(H,23,24,25)/t15-/m0/s1. The maximum absolute atomic E-state index is 9.70. The molecule has 0 amide bonds. The monoisotopic (exact) mass is 419 g/mol. The Kier molecular flexibility index (Phi) is 4.17. The first-order chi connectivity index (χ1) is 15.3. The van der Waals surface area contributed by atoms with Crippen molar-refractivity contribution in [2.24, 2.45) is 0 Å². The van der Waals surface area contributed by atoms with Gasteiger partial charge in [0.05, 0.1) is 24.5 Å². The van der Waals surface area contributed by atoms with Gasteiger partial charge in [-0.15, -0.1) is 5.10 Å². The highest BCUT2D eigenvalue weighted by Crippen LogP contribution is 2.34. The maximum Gasteiger partial charge on any atom is 0.245 e. The summed E-state index contributed by atoms with van der Waals surface area (Å²) in [6.07, 6.45) is 7.47. The molecule has 1 fully saturated rings. The molecule has 0 saturated carbocycles. The average Bonchev–Trinajstić information content (AvgIpc) is 3.59. The lowest BCUT2D eigenvalue weighted by Gasteiger charge is -2.23. The van der Waals surface area contributed by atoms with E-state index in [1.54, 1.807) is 10.8 Å². The number of aliphatic hydroxyl groups is 1. The first-order valence-electron chi connectivity index (χ1n) is 10.2. The van der Waals surface area contributed by atoms with E-state index < -0.39 is 0 Å². The first-order valence-corrected chi connectivity index (χ1v) is 10.2. The van der Waals surface area contributed by atoms with Crippen LogP contribution >= 0.6 is 0 Å². The molecule has 6 rings (SSSR count). The Morgan fingerprint density at radius 1 is 1.19 bits per heavy atom. The number of benzene rings is 1. The number of aromatic nitrogens is 5. The van der Waals surface area contributed by atoms with E-state index in [1.165, 1.54) is 0 Å². The SMILES string of the molecule is OC[C@@H]1CCCN1c1nc(Nc2cn(-c3ccc4c(c3)OCO4)cn2)c2cccn2n1. The Morgan fingerprint density at radius 3 is 3.06 bits per heavy atom. The molecule has 2 N–H and O–H groups in total. The lowest BCUT2D eigenvalue weighted by atomic mass is 10.2. The van der Waals surface area contributed by atoms with Gasteiger partial charge in [0.15, 0.2) is 17.3 Å². The molecule has 0 radical (unpaired) electrons. The Balaban J connectivity index is 1.32. The second-order valence-corrected chi connectivity index (χ2v) is 7.60. The molecule has 0 aliphatic carbocycles. The molecular formula is C21H21N7O3. The number of nitrogens with zero attached hydrogens (tertiary/aromatic N) is 6. The summed E-state index contributed by atoms with van der Waals surface area (Å²) in [4.78, 5) is 11.3. The van der Waals surface area contributed by atoms with Gasteiger partial charge in [0.2, 0.25) is 12.7 Å². The van der Waals surface area contributed by atoms with Gasteiger partial charge in [0.25, 0.3) is 0 Å². The van der Waals surface area contributed by atoms with Crippen molar-refractivity contribution in [3.8, 4) is 17.2 Å². The summed E-state index contributed by atoms with van der Waals surface area (Å²) in [7, 11) is 0. The van der Waals surface area contributed by atoms with Crippen LogP contribution in [-0.4, -0.2) is 55.2 Å². The van der Waals surface area contributed by atoms with E-state index in [-0.39, 0.29) is 19.4 Å². The fourth-order valence-corrected chi connectivity index (χ4v) is 4.12. The molecule has 0 bridgehead atoms. The van der Waals surface area contributed by atoms with Gasteiger partial charge < -0.3 is 29.4 Å². The maximum atomic E-state index is 9.70. The summed E-state index contributed by atoms with van der Waals surface area (Å²) in [5.41, 5.74) is 1.77. The van der Waals surface area contributed by atoms with Crippen LogP contribution in [0.2, 0.25) is 0 Å². The minimum absolute atomic E-state index is 0.0473. The third kappa shape index (κ3) is 3.12. The van der Waals surface area contributed by atoms with Crippen LogP contribution < -0.4 is 19.7 Å². The third-order valence-electron chi connectivity index (χ3n) is 5.71. The zero-order chi connectivity index (χ0) is 20.8. The van der Waals surface area contributed by atoms with Crippen molar-refractivity contribution in [3.63, 3.8) is 0 Å². The molecule has 2 aliphatic heterocycles. The molecule has 10 nitrogen and oxygen atoms in total. The number of aliphatic hydroxyl groups excluding tert-OH is 1. The molecule has 4 aromatic rings. The van der Waals surface area contributed by atoms with Gasteiger partial charge in [0, 0.05) is 18.8 Å². The highest BCUT2D eigenvalue weighted by molar-refractivity contribution is 5.73. The summed E-state index contributed by atoms with van der Waals surface area (Å²) < 4.78 is 14.6. The molecule has 0 spiro atoms. The second kappa shape index (κ2) is 7.17. The summed E-state index contributed by atoms with van der Waals surface area (Å²) >= 11 is 0. The number of hydrogen-bond donors (Lipinski definition) is 2. The van der Waals surface area contributed by atoms with Crippen LogP contribution in [0.3, 0.4) is 0 Å². The molecule has 5 heterocycles. The topological polar surface area (TPSA) is 102 Å². The van der Waals surface area contributed by atoms with Crippen LogP contribution in [0.25, 0.3) is 11.2 Å². The summed E-state index contributed by atoms with van der Waals surface area (Å²) in [5, 5.41) is 17.7. The average molecular weight is 419 g/mol. The fraction of sp³-hybridized carbons (Fsp3) is 0.286. The van der Waals surface area contributed by atoms with Gasteiger partial charge >= 0.3 is 0 Å². The molecule has 1 atom stereocenters. The Bertz CT molecular complexity index is 1250. The summed E-state index contributed by atoms with van der Waals surface area (Å²) in [6, 6.07) is 9.69. The number of hydrogen-bond acceptors (Lipinski definition) is 8. The van der Waals surface area contributed by atoms with Crippen molar-refractivity contribution < 1.29 is 14.6 Å². The Hall–Kier alpha value is -3.79. The quantitative estimate of drug-likeness (QED) is 0.508. The zero-order valence-electron chi connectivity index (χ0n) is 16.7. The Labute approximate surface area is 177 Å². The van der Waals surface area contributed by atoms with E-state index in [2.05, 4.69) is 20.3 Å². The smallest absolute Gasteiger partial charge is 0.245 e. The molecule has 0 unspecified atom stereocenters. The van der Waals surface area contributed by atoms with Crippen LogP contribution in [0, 0.1) is 0 Å². The molecule has 2 aliphatic rings. The van der Waals surface area contributed by atoms with E-state index in [0.717, 1.165) is 42.1 Å². The molecule has 1 aromatic carbocycles. The van der Waals surface area contributed by atoms with Crippen LogP contribution in [0.5, 0.6) is 11.5 Å². The van der Waals surface area contributed by atoms with E-state index >= 15 is 0 Å². The minimum Gasteiger partial charge on any atom is -0.454 e. The van der Waals surface area contributed by atoms with E-state index in [0.29, 0.717) is 17.6 Å². The highest BCUT2D eigenvalue weighted by atomic mass is 16.7. The zero-order valence-corrected chi connectivity index (χ0v) is 16.7. The normalized spacial score (nSPS) is 17.6. The second-order valence-electron chi connectivity index (χ2n) is 7.60. The van der Waals surface area contributed by atoms with Crippen molar-refractivity contribution in [2.75, 3.05) is 30.2 Å². The van der Waals surface area contributed by atoms with Crippen molar-refractivity contribution in [1.82, 2.24) is 24.1 Å². The largest absolute Gasteiger partial charge is 0.454 e. The fourth-order valence-electron chi connectivity index (χ4n) is 4.12. The number of ether oxygens (including phenoxy) is 2.